The van der Waals surface area contributed by atoms with Crippen LogP contribution in [0.3, 0.4) is 0 Å². The summed E-state index contributed by atoms with van der Waals surface area (Å²) in [5.41, 5.74) is 7.60. The van der Waals surface area contributed by atoms with Crippen LogP contribution in [0.1, 0.15) is 36.8 Å². The first-order chi connectivity index (χ1) is 9.70. The number of benzene rings is 1. The molecule has 1 aliphatic rings. The summed E-state index contributed by atoms with van der Waals surface area (Å²) in [6.07, 6.45) is 4.88. The Hall–Kier alpha value is -1.39. The van der Waals surface area contributed by atoms with Crippen molar-refractivity contribution < 1.29 is 14.6 Å². The number of hydrogen-bond acceptors (Lipinski definition) is 3. The molecule has 2 rings (SSSR count). The molecule has 0 amide bonds. The molecule has 1 aliphatic carbocycles. The Labute approximate surface area is 119 Å². The molecular formula is C16H23NO3. The Balaban J connectivity index is 1.97. The molecule has 0 heterocycles. The van der Waals surface area contributed by atoms with Gasteiger partial charge in [0.15, 0.2) is 0 Å². The third kappa shape index (κ3) is 4.05. The molecule has 0 spiro atoms. The van der Waals surface area contributed by atoms with E-state index in [1.54, 1.807) is 0 Å². The lowest BCUT2D eigenvalue weighted by atomic mass is 9.86. The van der Waals surface area contributed by atoms with Crippen LogP contribution in [-0.2, 0) is 22.6 Å². The van der Waals surface area contributed by atoms with Crippen molar-refractivity contribution in [3.05, 3.63) is 35.4 Å². The van der Waals surface area contributed by atoms with Gasteiger partial charge in [-0.25, -0.2) is 0 Å². The van der Waals surface area contributed by atoms with E-state index in [1.807, 2.05) is 24.3 Å². The molecule has 2 unspecified atom stereocenters. The normalized spacial score (nSPS) is 22.6. The number of hydrogen-bond donors (Lipinski definition) is 2. The zero-order valence-electron chi connectivity index (χ0n) is 11.8. The Morgan fingerprint density at radius 1 is 1.25 bits per heavy atom. The van der Waals surface area contributed by atoms with E-state index in [0.717, 1.165) is 24.0 Å². The number of aliphatic carboxylic acids is 1. The minimum Gasteiger partial charge on any atom is -0.481 e. The van der Waals surface area contributed by atoms with E-state index < -0.39 is 5.97 Å². The van der Waals surface area contributed by atoms with E-state index in [2.05, 4.69) is 0 Å². The maximum absolute atomic E-state index is 10.9. The Morgan fingerprint density at radius 3 is 2.65 bits per heavy atom. The molecule has 4 heteroatoms. The molecule has 0 radical (unpaired) electrons. The van der Waals surface area contributed by atoms with Gasteiger partial charge < -0.3 is 15.6 Å². The highest BCUT2D eigenvalue weighted by Crippen LogP contribution is 2.27. The van der Waals surface area contributed by atoms with Crippen LogP contribution >= 0.6 is 0 Å². The predicted molar refractivity (Wildman–Crippen MR) is 77.4 cm³/mol. The molecule has 20 heavy (non-hydrogen) atoms. The molecular weight excluding hydrogens is 254 g/mol. The molecule has 2 atom stereocenters. The SMILES string of the molecule is NCC1CCCCC1OCc1ccccc1CC(=O)O. The molecule has 1 saturated carbocycles. The number of carboxylic acids is 1. The molecule has 4 nitrogen and oxygen atoms in total. The largest absolute Gasteiger partial charge is 0.481 e. The fourth-order valence-electron chi connectivity index (χ4n) is 2.89. The smallest absolute Gasteiger partial charge is 0.307 e. The highest BCUT2D eigenvalue weighted by Gasteiger charge is 2.24. The van der Waals surface area contributed by atoms with Gasteiger partial charge in [-0.05, 0) is 36.4 Å². The van der Waals surface area contributed by atoms with Crippen molar-refractivity contribution in [1.29, 1.82) is 0 Å². The summed E-state index contributed by atoms with van der Waals surface area (Å²) in [5.74, 6) is -0.370. The first-order valence-corrected chi connectivity index (χ1v) is 7.31. The summed E-state index contributed by atoms with van der Waals surface area (Å²) in [5, 5.41) is 8.93. The lowest BCUT2D eigenvalue weighted by Crippen LogP contribution is -2.33. The van der Waals surface area contributed by atoms with E-state index in [4.69, 9.17) is 15.6 Å². The van der Waals surface area contributed by atoms with Gasteiger partial charge in [0.05, 0.1) is 19.1 Å². The van der Waals surface area contributed by atoms with Gasteiger partial charge in [0, 0.05) is 0 Å². The Kier molecular flexibility index (Phi) is 5.56. The summed E-state index contributed by atoms with van der Waals surface area (Å²) in [6.45, 7) is 1.14. The third-order valence-electron chi connectivity index (χ3n) is 4.06. The number of carboxylic acid groups (broad SMARTS) is 1. The zero-order chi connectivity index (χ0) is 14.4. The second kappa shape index (κ2) is 7.41. The van der Waals surface area contributed by atoms with E-state index >= 15 is 0 Å². The van der Waals surface area contributed by atoms with Crippen LogP contribution in [0.25, 0.3) is 0 Å². The van der Waals surface area contributed by atoms with Gasteiger partial charge in [-0.1, -0.05) is 37.1 Å². The van der Waals surface area contributed by atoms with Gasteiger partial charge in [-0.3, -0.25) is 4.79 Å². The van der Waals surface area contributed by atoms with Crippen molar-refractivity contribution in [3.8, 4) is 0 Å². The first kappa shape index (κ1) is 15.0. The van der Waals surface area contributed by atoms with Gasteiger partial charge in [0.1, 0.15) is 0 Å². The predicted octanol–water partition coefficient (Wildman–Crippen LogP) is 2.35. The van der Waals surface area contributed by atoms with Crippen molar-refractivity contribution in [3.63, 3.8) is 0 Å². The van der Waals surface area contributed by atoms with Crippen LogP contribution < -0.4 is 5.73 Å². The second-order valence-corrected chi connectivity index (χ2v) is 5.47. The van der Waals surface area contributed by atoms with Crippen LogP contribution in [0.2, 0.25) is 0 Å². The fourth-order valence-corrected chi connectivity index (χ4v) is 2.89. The first-order valence-electron chi connectivity index (χ1n) is 7.31. The molecule has 0 aromatic heterocycles. The van der Waals surface area contributed by atoms with E-state index in [0.29, 0.717) is 19.1 Å². The number of ether oxygens (including phenoxy) is 1. The molecule has 0 saturated heterocycles. The van der Waals surface area contributed by atoms with Crippen LogP contribution in [-0.4, -0.2) is 23.7 Å². The topological polar surface area (TPSA) is 72.5 Å². The van der Waals surface area contributed by atoms with Crippen molar-refractivity contribution in [2.75, 3.05) is 6.54 Å². The molecule has 0 aliphatic heterocycles. The molecule has 1 aromatic carbocycles. The maximum atomic E-state index is 10.9. The highest BCUT2D eigenvalue weighted by molar-refractivity contribution is 5.70. The third-order valence-corrected chi connectivity index (χ3v) is 4.06. The van der Waals surface area contributed by atoms with Crippen LogP contribution in [0.4, 0.5) is 0 Å². The van der Waals surface area contributed by atoms with Crippen molar-refractivity contribution in [2.45, 2.75) is 44.8 Å². The molecule has 1 aromatic rings. The molecule has 110 valence electrons. The number of rotatable bonds is 6. The van der Waals surface area contributed by atoms with Gasteiger partial charge in [0.25, 0.3) is 0 Å². The quantitative estimate of drug-likeness (QED) is 0.837. The summed E-state index contributed by atoms with van der Waals surface area (Å²) >= 11 is 0. The summed E-state index contributed by atoms with van der Waals surface area (Å²) in [7, 11) is 0. The zero-order valence-corrected chi connectivity index (χ0v) is 11.8. The van der Waals surface area contributed by atoms with Crippen molar-refractivity contribution in [2.24, 2.45) is 11.7 Å². The monoisotopic (exact) mass is 277 g/mol. The average molecular weight is 277 g/mol. The average Bonchev–Trinajstić information content (AvgIpc) is 2.46. The number of nitrogens with two attached hydrogens (primary N) is 1. The van der Waals surface area contributed by atoms with Crippen LogP contribution in [0, 0.1) is 5.92 Å². The van der Waals surface area contributed by atoms with Gasteiger partial charge in [0.2, 0.25) is 0 Å². The Morgan fingerprint density at radius 2 is 1.95 bits per heavy atom. The maximum Gasteiger partial charge on any atom is 0.307 e. The van der Waals surface area contributed by atoms with Gasteiger partial charge in [-0.2, -0.15) is 0 Å². The van der Waals surface area contributed by atoms with E-state index in [9.17, 15) is 4.79 Å². The second-order valence-electron chi connectivity index (χ2n) is 5.47. The van der Waals surface area contributed by atoms with E-state index in [1.165, 1.54) is 12.8 Å². The summed E-state index contributed by atoms with van der Waals surface area (Å²) in [4.78, 5) is 10.9. The fraction of sp³-hybridized carbons (Fsp3) is 0.562. The summed E-state index contributed by atoms with van der Waals surface area (Å²) in [6, 6.07) is 7.59. The molecule has 1 fully saturated rings. The van der Waals surface area contributed by atoms with Crippen LogP contribution in [0.15, 0.2) is 24.3 Å². The van der Waals surface area contributed by atoms with E-state index in [-0.39, 0.29) is 12.5 Å². The minimum atomic E-state index is -0.810. The molecule has 3 N–H and O–H groups in total. The lowest BCUT2D eigenvalue weighted by molar-refractivity contribution is -0.136. The van der Waals surface area contributed by atoms with Gasteiger partial charge in [-0.15, -0.1) is 0 Å². The lowest BCUT2D eigenvalue weighted by Gasteiger charge is -2.30. The highest BCUT2D eigenvalue weighted by atomic mass is 16.5. The van der Waals surface area contributed by atoms with Crippen molar-refractivity contribution >= 4 is 5.97 Å². The molecule has 0 bridgehead atoms. The minimum absolute atomic E-state index is 0.0461. The van der Waals surface area contributed by atoms with Gasteiger partial charge >= 0.3 is 5.97 Å². The van der Waals surface area contributed by atoms with Crippen molar-refractivity contribution in [1.82, 2.24) is 0 Å². The number of carbonyl (C=O) groups is 1. The van der Waals surface area contributed by atoms with Crippen LogP contribution in [0.5, 0.6) is 0 Å². The Bertz CT molecular complexity index is 447. The summed E-state index contributed by atoms with van der Waals surface area (Å²) < 4.78 is 6.02. The standard InChI is InChI=1S/C16H23NO3/c17-10-13-6-3-4-8-15(13)20-11-14-7-2-1-5-12(14)9-16(18)19/h1-2,5,7,13,15H,3-4,6,8-11,17H2,(H,18,19).